The molecule has 112 valence electrons. The molecule has 2 aromatic rings. The van der Waals surface area contributed by atoms with Crippen molar-refractivity contribution in [1.82, 2.24) is 14.8 Å². The van der Waals surface area contributed by atoms with Gasteiger partial charge in [-0.3, -0.25) is 0 Å². The molecule has 0 radical (unpaired) electrons. The highest BCUT2D eigenvalue weighted by atomic mass is 79.9. The molecule has 0 spiro atoms. The quantitative estimate of drug-likeness (QED) is 0.786. The first kappa shape index (κ1) is 16.0. The minimum absolute atomic E-state index is 0.304. The van der Waals surface area contributed by atoms with Gasteiger partial charge in [0.25, 0.3) is 0 Å². The summed E-state index contributed by atoms with van der Waals surface area (Å²) >= 11 is 4.83. The fourth-order valence-electron chi connectivity index (χ4n) is 1.83. The number of nitrogens with zero attached hydrogens (tertiary/aromatic N) is 3. The molecule has 0 aliphatic carbocycles. The molecule has 1 aromatic carbocycles. The molecule has 7 heteroatoms. The topological polar surface area (TPSA) is 68.0 Å². The zero-order valence-corrected chi connectivity index (χ0v) is 14.2. The highest BCUT2D eigenvalue weighted by Gasteiger charge is 2.13. The van der Waals surface area contributed by atoms with Gasteiger partial charge >= 0.3 is 5.97 Å². The fraction of sp³-hybridized carbons (Fsp3) is 0.357. The van der Waals surface area contributed by atoms with Gasteiger partial charge in [-0.1, -0.05) is 29.8 Å². The lowest BCUT2D eigenvalue weighted by molar-refractivity contribution is 0.0693. The molecule has 0 unspecified atom stereocenters. The van der Waals surface area contributed by atoms with Crippen LogP contribution < -0.4 is 0 Å². The number of aromatic nitrogens is 3. The summed E-state index contributed by atoms with van der Waals surface area (Å²) in [5.41, 5.74) is 0.304. The molecule has 0 fully saturated rings. The molecule has 0 amide bonds. The lowest BCUT2D eigenvalue weighted by Crippen LogP contribution is -2.09. The van der Waals surface area contributed by atoms with Crippen LogP contribution in [0.4, 0.5) is 0 Å². The maximum atomic E-state index is 11.2. The van der Waals surface area contributed by atoms with Crippen molar-refractivity contribution in [3.63, 3.8) is 0 Å². The first-order valence-corrected chi connectivity index (χ1v) is 8.27. The monoisotopic (exact) mass is 369 g/mol. The molecule has 2 rings (SSSR count). The Morgan fingerprint density at radius 2 is 2.24 bits per heavy atom. The van der Waals surface area contributed by atoms with E-state index in [0.717, 1.165) is 21.7 Å². The van der Waals surface area contributed by atoms with Crippen LogP contribution in [-0.4, -0.2) is 25.8 Å². The standard InChI is InChI=1S/C14H16BrN3O2S/c1-9(2)6-18-13(16-8-17-18)7-21-12-5-10(15)3-4-11(12)14(19)20/h3-5,8-9H,6-7H2,1-2H3,(H,19,20). The van der Waals surface area contributed by atoms with E-state index in [0.29, 0.717) is 17.2 Å². The number of carboxylic acids is 1. The molecule has 5 nitrogen and oxygen atoms in total. The molecule has 0 atom stereocenters. The van der Waals surface area contributed by atoms with E-state index in [-0.39, 0.29) is 0 Å². The molecular formula is C14H16BrN3O2S. The predicted octanol–water partition coefficient (Wildman–Crippen LogP) is 3.69. The van der Waals surface area contributed by atoms with Gasteiger partial charge in [0.05, 0.1) is 11.3 Å². The minimum atomic E-state index is -0.923. The highest BCUT2D eigenvalue weighted by molar-refractivity contribution is 9.10. The fourth-order valence-corrected chi connectivity index (χ4v) is 3.37. The summed E-state index contributed by atoms with van der Waals surface area (Å²) in [6.07, 6.45) is 1.54. The summed E-state index contributed by atoms with van der Waals surface area (Å²) in [6, 6.07) is 5.15. The van der Waals surface area contributed by atoms with Gasteiger partial charge in [-0.25, -0.2) is 14.5 Å². The number of aromatic carboxylic acids is 1. The minimum Gasteiger partial charge on any atom is -0.478 e. The van der Waals surface area contributed by atoms with Gasteiger partial charge in [0.15, 0.2) is 0 Å². The van der Waals surface area contributed by atoms with E-state index in [1.807, 2.05) is 10.7 Å². The Morgan fingerprint density at radius 1 is 1.48 bits per heavy atom. The van der Waals surface area contributed by atoms with E-state index in [9.17, 15) is 9.90 Å². The Morgan fingerprint density at radius 3 is 2.90 bits per heavy atom. The van der Waals surface area contributed by atoms with Crippen molar-refractivity contribution in [2.75, 3.05) is 0 Å². The van der Waals surface area contributed by atoms with Crippen LogP contribution in [0.5, 0.6) is 0 Å². The van der Waals surface area contributed by atoms with Gasteiger partial charge in [-0.15, -0.1) is 11.8 Å². The van der Waals surface area contributed by atoms with Crippen LogP contribution in [0.3, 0.4) is 0 Å². The molecule has 21 heavy (non-hydrogen) atoms. The van der Waals surface area contributed by atoms with Crippen LogP contribution in [0.25, 0.3) is 0 Å². The number of carboxylic acid groups (broad SMARTS) is 1. The average molecular weight is 370 g/mol. The van der Waals surface area contributed by atoms with Gasteiger partial charge in [0.2, 0.25) is 0 Å². The lowest BCUT2D eigenvalue weighted by atomic mass is 10.2. The van der Waals surface area contributed by atoms with Crippen molar-refractivity contribution in [2.24, 2.45) is 5.92 Å². The third-order valence-electron chi connectivity index (χ3n) is 2.76. The van der Waals surface area contributed by atoms with E-state index in [1.165, 1.54) is 18.1 Å². The van der Waals surface area contributed by atoms with Crippen molar-refractivity contribution in [1.29, 1.82) is 0 Å². The zero-order valence-electron chi connectivity index (χ0n) is 11.8. The number of benzene rings is 1. The molecule has 0 saturated carbocycles. The van der Waals surface area contributed by atoms with E-state index >= 15 is 0 Å². The second-order valence-electron chi connectivity index (χ2n) is 4.99. The summed E-state index contributed by atoms with van der Waals surface area (Å²) in [4.78, 5) is 16.2. The second-order valence-corrected chi connectivity index (χ2v) is 6.92. The maximum Gasteiger partial charge on any atom is 0.336 e. The molecule has 1 aromatic heterocycles. The van der Waals surface area contributed by atoms with Crippen molar-refractivity contribution in [2.45, 2.75) is 31.0 Å². The zero-order chi connectivity index (χ0) is 15.4. The summed E-state index contributed by atoms with van der Waals surface area (Å²) in [5, 5.41) is 13.4. The number of thioether (sulfide) groups is 1. The van der Waals surface area contributed by atoms with E-state index in [4.69, 9.17) is 0 Å². The molecule has 1 N–H and O–H groups in total. The second kappa shape index (κ2) is 7.09. The Labute approximate surface area is 135 Å². The van der Waals surface area contributed by atoms with Crippen LogP contribution in [0.1, 0.15) is 30.0 Å². The summed E-state index contributed by atoms with van der Waals surface area (Å²) in [7, 11) is 0. The Balaban J connectivity index is 2.15. The third-order valence-corrected chi connectivity index (χ3v) is 4.31. The summed E-state index contributed by atoms with van der Waals surface area (Å²) in [6.45, 7) is 5.05. The van der Waals surface area contributed by atoms with Gasteiger partial charge in [0.1, 0.15) is 12.2 Å². The van der Waals surface area contributed by atoms with E-state index in [2.05, 4.69) is 39.9 Å². The highest BCUT2D eigenvalue weighted by Crippen LogP contribution is 2.29. The first-order valence-electron chi connectivity index (χ1n) is 6.49. The Kier molecular flexibility index (Phi) is 5.41. The van der Waals surface area contributed by atoms with Crippen LogP contribution in [0, 0.1) is 5.92 Å². The maximum absolute atomic E-state index is 11.2. The van der Waals surface area contributed by atoms with Crippen LogP contribution in [0.2, 0.25) is 0 Å². The normalized spacial score (nSPS) is 11.0. The van der Waals surface area contributed by atoms with Crippen LogP contribution in [0.15, 0.2) is 33.9 Å². The van der Waals surface area contributed by atoms with Crippen LogP contribution >= 0.6 is 27.7 Å². The number of carbonyl (C=O) groups is 1. The first-order chi connectivity index (χ1) is 9.97. The SMILES string of the molecule is CC(C)Cn1ncnc1CSc1cc(Br)ccc1C(=O)O. The number of rotatable bonds is 6. The van der Waals surface area contributed by atoms with Gasteiger partial charge in [0, 0.05) is 15.9 Å². The van der Waals surface area contributed by atoms with E-state index in [1.54, 1.807) is 12.1 Å². The average Bonchev–Trinajstić information content (AvgIpc) is 2.82. The van der Waals surface area contributed by atoms with Crippen molar-refractivity contribution >= 4 is 33.7 Å². The number of hydrogen-bond acceptors (Lipinski definition) is 4. The number of halogens is 1. The van der Waals surface area contributed by atoms with Crippen LogP contribution in [-0.2, 0) is 12.3 Å². The van der Waals surface area contributed by atoms with E-state index < -0.39 is 5.97 Å². The number of hydrogen-bond donors (Lipinski definition) is 1. The van der Waals surface area contributed by atoms with Gasteiger partial charge < -0.3 is 5.11 Å². The molecule has 0 aliphatic heterocycles. The Bertz CT molecular complexity index is 643. The smallest absolute Gasteiger partial charge is 0.336 e. The van der Waals surface area contributed by atoms with Crippen molar-refractivity contribution in [3.8, 4) is 0 Å². The van der Waals surface area contributed by atoms with Gasteiger partial charge in [-0.2, -0.15) is 5.10 Å². The molecular weight excluding hydrogens is 354 g/mol. The molecule has 0 aliphatic rings. The molecule has 1 heterocycles. The summed E-state index contributed by atoms with van der Waals surface area (Å²) < 4.78 is 2.73. The summed E-state index contributed by atoms with van der Waals surface area (Å²) in [5.74, 6) is 0.998. The third kappa shape index (κ3) is 4.31. The predicted molar refractivity (Wildman–Crippen MR) is 85.5 cm³/mol. The Hall–Kier alpha value is -1.34. The molecule has 0 saturated heterocycles. The van der Waals surface area contributed by atoms with Crippen molar-refractivity contribution in [3.05, 3.63) is 40.4 Å². The molecule has 0 bridgehead atoms. The van der Waals surface area contributed by atoms with Gasteiger partial charge in [-0.05, 0) is 24.1 Å². The lowest BCUT2D eigenvalue weighted by Gasteiger charge is -2.09. The van der Waals surface area contributed by atoms with Crippen molar-refractivity contribution < 1.29 is 9.90 Å². The largest absolute Gasteiger partial charge is 0.478 e.